The van der Waals surface area contributed by atoms with Gasteiger partial charge < -0.3 is 9.84 Å². The zero-order chi connectivity index (χ0) is 6.85. The van der Waals surface area contributed by atoms with Crippen LogP contribution in [0.25, 0.3) is 0 Å². The number of carboxylic acid groups (broad SMARTS) is 1. The largest absolute Gasteiger partial charge is 0.481 e. The molecule has 0 aromatic carbocycles. The first-order valence-corrected chi connectivity index (χ1v) is 3.06. The Kier molecular flexibility index (Phi) is 1.71. The second-order valence-electron chi connectivity index (χ2n) is 2.31. The average molecular weight is 130 g/mol. The predicted octanol–water partition coefficient (Wildman–Crippen LogP) is 0.496. The molecule has 2 atom stereocenters. The first kappa shape index (κ1) is 6.55. The summed E-state index contributed by atoms with van der Waals surface area (Å²) in [6.07, 6.45) is 0.568. The second kappa shape index (κ2) is 2.35. The van der Waals surface area contributed by atoms with Gasteiger partial charge in [0.25, 0.3) is 0 Å². The Morgan fingerprint density at radius 1 is 1.78 bits per heavy atom. The molecule has 0 bridgehead atoms. The number of aliphatic carboxylic acids is 1. The zero-order valence-electron chi connectivity index (χ0n) is 5.33. The summed E-state index contributed by atoms with van der Waals surface area (Å²) in [6.45, 7) is 2.39. The van der Waals surface area contributed by atoms with Crippen LogP contribution in [0.15, 0.2) is 0 Å². The quantitative estimate of drug-likeness (QED) is 0.562. The Bertz CT molecular complexity index is 121. The van der Waals surface area contributed by atoms with Crippen molar-refractivity contribution in [2.24, 2.45) is 5.92 Å². The van der Waals surface area contributed by atoms with E-state index in [9.17, 15) is 4.79 Å². The molecule has 1 fully saturated rings. The van der Waals surface area contributed by atoms with Crippen molar-refractivity contribution >= 4 is 5.97 Å². The Hall–Kier alpha value is -0.570. The van der Waals surface area contributed by atoms with Crippen molar-refractivity contribution in [3.63, 3.8) is 0 Å². The van der Waals surface area contributed by atoms with E-state index in [1.54, 1.807) is 6.92 Å². The standard InChI is InChI=1S/C6H10O3/c1-4-5(6(7)8)2-3-9-4/h4-5H,2-3H2,1H3,(H,7,8)/t4-,5+/m1/s1. The van der Waals surface area contributed by atoms with Crippen molar-refractivity contribution in [3.8, 4) is 0 Å². The summed E-state index contributed by atoms with van der Waals surface area (Å²) < 4.78 is 5.05. The van der Waals surface area contributed by atoms with Crippen molar-refractivity contribution in [2.45, 2.75) is 19.4 Å². The molecule has 0 aromatic rings. The van der Waals surface area contributed by atoms with Crippen molar-refractivity contribution in [1.82, 2.24) is 0 Å². The topological polar surface area (TPSA) is 46.5 Å². The molecule has 0 saturated carbocycles. The minimum atomic E-state index is -0.736. The van der Waals surface area contributed by atoms with E-state index in [-0.39, 0.29) is 12.0 Å². The molecule has 0 unspecified atom stereocenters. The van der Waals surface area contributed by atoms with Gasteiger partial charge in [0, 0.05) is 6.61 Å². The maximum atomic E-state index is 10.3. The van der Waals surface area contributed by atoms with E-state index in [0.717, 1.165) is 0 Å². The van der Waals surface area contributed by atoms with E-state index in [4.69, 9.17) is 9.84 Å². The number of rotatable bonds is 1. The molecule has 1 rings (SSSR count). The monoisotopic (exact) mass is 130 g/mol. The van der Waals surface area contributed by atoms with Crippen LogP contribution >= 0.6 is 0 Å². The summed E-state index contributed by atoms with van der Waals surface area (Å²) >= 11 is 0. The molecule has 0 spiro atoms. The highest BCUT2D eigenvalue weighted by atomic mass is 16.5. The first-order chi connectivity index (χ1) is 4.22. The predicted molar refractivity (Wildman–Crippen MR) is 31.2 cm³/mol. The molecule has 1 heterocycles. The molecule has 0 aromatic heterocycles. The fourth-order valence-corrected chi connectivity index (χ4v) is 1.06. The Morgan fingerprint density at radius 2 is 2.44 bits per heavy atom. The summed E-state index contributed by atoms with van der Waals surface area (Å²) in [7, 11) is 0. The second-order valence-corrected chi connectivity index (χ2v) is 2.31. The molecule has 1 aliphatic heterocycles. The summed E-state index contributed by atoms with van der Waals surface area (Å²) in [4.78, 5) is 10.3. The van der Waals surface area contributed by atoms with Crippen LogP contribution in [0.1, 0.15) is 13.3 Å². The smallest absolute Gasteiger partial charge is 0.309 e. The Morgan fingerprint density at radius 3 is 2.67 bits per heavy atom. The molecule has 0 radical (unpaired) electrons. The third-order valence-corrected chi connectivity index (χ3v) is 1.69. The SMILES string of the molecule is C[C@H]1OCC[C@@H]1C(=O)O. The number of carbonyl (C=O) groups is 1. The van der Waals surface area contributed by atoms with Crippen molar-refractivity contribution in [3.05, 3.63) is 0 Å². The zero-order valence-corrected chi connectivity index (χ0v) is 5.33. The first-order valence-electron chi connectivity index (χ1n) is 3.06. The normalized spacial score (nSPS) is 34.8. The van der Waals surface area contributed by atoms with Gasteiger partial charge in [-0.3, -0.25) is 4.79 Å². The lowest BCUT2D eigenvalue weighted by atomic mass is 10.0. The third-order valence-electron chi connectivity index (χ3n) is 1.69. The number of hydrogen-bond donors (Lipinski definition) is 1. The Labute approximate surface area is 53.6 Å². The average Bonchev–Trinajstić information content (AvgIpc) is 2.13. The van der Waals surface area contributed by atoms with Crippen LogP contribution in [0.3, 0.4) is 0 Å². The molecule has 52 valence electrons. The fourth-order valence-electron chi connectivity index (χ4n) is 1.06. The number of hydrogen-bond acceptors (Lipinski definition) is 2. The van der Waals surface area contributed by atoms with Crippen LogP contribution < -0.4 is 0 Å². The van der Waals surface area contributed by atoms with E-state index < -0.39 is 5.97 Å². The third kappa shape index (κ3) is 1.21. The maximum Gasteiger partial charge on any atom is 0.309 e. The van der Waals surface area contributed by atoms with E-state index in [1.165, 1.54) is 0 Å². The number of ether oxygens (including phenoxy) is 1. The highest BCUT2D eigenvalue weighted by molar-refractivity contribution is 5.70. The van der Waals surface area contributed by atoms with E-state index >= 15 is 0 Å². The van der Waals surface area contributed by atoms with Crippen LogP contribution in [-0.2, 0) is 9.53 Å². The van der Waals surface area contributed by atoms with Crippen LogP contribution in [-0.4, -0.2) is 23.8 Å². The van der Waals surface area contributed by atoms with Gasteiger partial charge in [-0.2, -0.15) is 0 Å². The molecule has 1 aliphatic rings. The summed E-state index contributed by atoms with van der Waals surface area (Å²) in [6, 6.07) is 0. The van der Waals surface area contributed by atoms with Gasteiger partial charge in [0.1, 0.15) is 0 Å². The van der Waals surface area contributed by atoms with Gasteiger partial charge >= 0.3 is 5.97 Å². The van der Waals surface area contributed by atoms with Crippen LogP contribution in [0.2, 0.25) is 0 Å². The molecule has 0 aliphatic carbocycles. The van der Waals surface area contributed by atoms with Gasteiger partial charge in [0.15, 0.2) is 0 Å². The number of carboxylic acids is 1. The van der Waals surface area contributed by atoms with Gasteiger partial charge in [-0.1, -0.05) is 0 Å². The molecular weight excluding hydrogens is 120 g/mol. The van der Waals surface area contributed by atoms with Gasteiger partial charge in [-0.05, 0) is 13.3 Å². The summed E-state index contributed by atoms with van der Waals surface area (Å²) in [5, 5.41) is 8.50. The highest BCUT2D eigenvalue weighted by Crippen LogP contribution is 2.19. The lowest BCUT2D eigenvalue weighted by Crippen LogP contribution is -2.20. The lowest BCUT2D eigenvalue weighted by Gasteiger charge is -2.06. The fraction of sp³-hybridized carbons (Fsp3) is 0.833. The maximum absolute atomic E-state index is 10.3. The van der Waals surface area contributed by atoms with Crippen molar-refractivity contribution in [2.75, 3.05) is 6.61 Å². The van der Waals surface area contributed by atoms with Crippen molar-refractivity contribution < 1.29 is 14.6 Å². The van der Waals surface area contributed by atoms with E-state index in [0.29, 0.717) is 13.0 Å². The van der Waals surface area contributed by atoms with Gasteiger partial charge in [-0.15, -0.1) is 0 Å². The van der Waals surface area contributed by atoms with Gasteiger partial charge in [0.2, 0.25) is 0 Å². The molecule has 3 nitrogen and oxygen atoms in total. The Balaban J connectivity index is 2.49. The molecule has 3 heteroatoms. The highest BCUT2D eigenvalue weighted by Gasteiger charge is 2.29. The van der Waals surface area contributed by atoms with Gasteiger partial charge in [-0.25, -0.2) is 0 Å². The minimum Gasteiger partial charge on any atom is -0.481 e. The van der Waals surface area contributed by atoms with Crippen LogP contribution in [0.5, 0.6) is 0 Å². The summed E-state index contributed by atoms with van der Waals surface area (Å²) in [5.41, 5.74) is 0. The van der Waals surface area contributed by atoms with Crippen LogP contribution in [0.4, 0.5) is 0 Å². The van der Waals surface area contributed by atoms with Crippen LogP contribution in [0, 0.1) is 5.92 Å². The van der Waals surface area contributed by atoms with Gasteiger partial charge in [0.05, 0.1) is 12.0 Å². The minimum absolute atomic E-state index is 0.0949. The summed E-state index contributed by atoms with van der Waals surface area (Å²) in [5.74, 6) is -1.01. The molecular formula is C6H10O3. The van der Waals surface area contributed by atoms with E-state index in [1.807, 2.05) is 0 Å². The molecule has 1 saturated heterocycles. The van der Waals surface area contributed by atoms with E-state index in [2.05, 4.69) is 0 Å². The molecule has 9 heavy (non-hydrogen) atoms. The van der Waals surface area contributed by atoms with Crippen molar-refractivity contribution in [1.29, 1.82) is 0 Å². The molecule has 0 amide bonds. The lowest BCUT2D eigenvalue weighted by molar-refractivity contribution is -0.143. The molecule has 1 N–H and O–H groups in total.